The molecule has 0 fully saturated rings. The van der Waals surface area contributed by atoms with Gasteiger partial charge >= 0.3 is 0 Å². The zero-order valence-corrected chi connectivity index (χ0v) is 17.2. The van der Waals surface area contributed by atoms with E-state index in [0.717, 1.165) is 0 Å². The van der Waals surface area contributed by atoms with Gasteiger partial charge in [0.15, 0.2) is 0 Å². The second-order valence-electron chi connectivity index (χ2n) is 6.81. The zero-order chi connectivity index (χ0) is 22.1. The van der Waals surface area contributed by atoms with Crippen LogP contribution in [0.1, 0.15) is 36.2 Å². The Labute approximate surface area is 175 Å². The van der Waals surface area contributed by atoms with Crippen molar-refractivity contribution in [3.8, 4) is 5.75 Å². The predicted octanol–water partition coefficient (Wildman–Crippen LogP) is 1.75. The molecular formula is C23H25N2O5-. The summed E-state index contributed by atoms with van der Waals surface area (Å²) in [4.78, 5) is 37.0. The van der Waals surface area contributed by atoms with Gasteiger partial charge in [-0.1, -0.05) is 50.6 Å². The van der Waals surface area contributed by atoms with Crippen molar-refractivity contribution in [1.82, 2.24) is 10.6 Å². The van der Waals surface area contributed by atoms with E-state index in [0.29, 0.717) is 23.3 Å². The zero-order valence-electron chi connectivity index (χ0n) is 17.2. The third-order valence-electron chi connectivity index (χ3n) is 4.71. The van der Waals surface area contributed by atoms with Crippen molar-refractivity contribution in [3.63, 3.8) is 0 Å². The van der Waals surface area contributed by atoms with E-state index in [9.17, 15) is 19.5 Å². The summed E-state index contributed by atoms with van der Waals surface area (Å²) >= 11 is 0. The Morgan fingerprint density at radius 2 is 1.70 bits per heavy atom. The number of amides is 2. The van der Waals surface area contributed by atoms with Gasteiger partial charge in [0.1, 0.15) is 11.4 Å². The number of ether oxygens (including phenoxy) is 1. The maximum atomic E-state index is 12.8. The van der Waals surface area contributed by atoms with E-state index in [-0.39, 0.29) is 11.6 Å². The first-order chi connectivity index (χ1) is 14.3. The van der Waals surface area contributed by atoms with E-state index >= 15 is 0 Å². The summed E-state index contributed by atoms with van der Waals surface area (Å²) in [6.45, 7) is 3.52. The molecule has 30 heavy (non-hydrogen) atoms. The lowest BCUT2D eigenvalue weighted by Crippen LogP contribution is -2.52. The Bertz CT molecular complexity index is 907. The largest absolute Gasteiger partial charge is 0.548 e. The SMILES string of the molecule is CC[C@@H](C)[C@H](NC(=O)/C(=C\c1ccccc1)NC(=O)c1ccc(OC)cc1)C(=O)[O-]. The maximum absolute atomic E-state index is 12.8. The van der Waals surface area contributed by atoms with Crippen molar-refractivity contribution in [1.29, 1.82) is 0 Å². The van der Waals surface area contributed by atoms with Crippen LogP contribution in [-0.4, -0.2) is 30.9 Å². The smallest absolute Gasteiger partial charge is 0.268 e. The summed E-state index contributed by atoms with van der Waals surface area (Å²) < 4.78 is 5.08. The van der Waals surface area contributed by atoms with Crippen LogP contribution >= 0.6 is 0 Å². The highest BCUT2D eigenvalue weighted by molar-refractivity contribution is 6.06. The van der Waals surface area contributed by atoms with Gasteiger partial charge in [-0.25, -0.2) is 0 Å². The molecule has 0 spiro atoms. The average molecular weight is 409 g/mol. The molecule has 0 saturated heterocycles. The van der Waals surface area contributed by atoms with Crippen molar-refractivity contribution in [2.45, 2.75) is 26.3 Å². The van der Waals surface area contributed by atoms with Crippen molar-refractivity contribution >= 4 is 23.9 Å². The lowest BCUT2D eigenvalue weighted by atomic mass is 9.99. The Morgan fingerprint density at radius 1 is 1.07 bits per heavy atom. The molecule has 0 bridgehead atoms. The summed E-state index contributed by atoms with van der Waals surface area (Å²) in [5, 5.41) is 16.5. The molecule has 0 unspecified atom stereocenters. The fraction of sp³-hybridized carbons (Fsp3) is 0.261. The van der Waals surface area contributed by atoms with Gasteiger partial charge < -0.3 is 25.3 Å². The lowest BCUT2D eigenvalue weighted by molar-refractivity contribution is -0.309. The van der Waals surface area contributed by atoms with Crippen molar-refractivity contribution in [2.24, 2.45) is 5.92 Å². The highest BCUT2D eigenvalue weighted by Gasteiger charge is 2.22. The van der Waals surface area contributed by atoms with Crippen molar-refractivity contribution in [2.75, 3.05) is 7.11 Å². The topological polar surface area (TPSA) is 108 Å². The molecule has 0 radical (unpaired) electrons. The number of carbonyl (C=O) groups excluding carboxylic acids is 3. The fourth-order valence-electron chi connectivity index (χ4n) is 2.70. The van der Waals surface area contributed by atoms with Gasteiger partial charge in [0.05, 0.1) is 19.1 Å². The van der Waals surface area contributed by atoms with Gasteiger partial charge in [-0.05, 0) is 41.8 Å². The molecule has 2 aromatic rings. The first kappa shape index (κ1) is 22.7. The van der Waals surface area contributed by atoms with Crippen LogP contribution < -0.4 is 20.5 Å². The Kier molecular flexibility index (Phi) is 8.17. The van der Waals surface area contributed by atoms with Crippen LogP contribution in [0.5, 0.6) is 5.75 Å². The average Bonchev–Trinajstić information content (AvgIpc) is 2.76. The minimum atomic E-state index is -1.38. The number of hydrogen-bond acceptors (Lipinski definition) is 5. The van der Waals surface area contributed by atoms with Crippen LogP contribution in [0.2, 0.25) is 0 Å². The fourth-order valence-corrected chi connectivity index (χ4v) is 2.70. The molecule has 2 N–H and O–H groups in total. The number of carbonyl (C=O) groups is 3. The van der Waals surface area contributed by atoms with Gasteiger partial charge in [0.2, 0.25) is 0 Å². The quantitative estimate of drug-likeness (QED) is 0.614. The van der Waals surface area contributed by atoms with Crippen LogP contribution in [0.15, 0.2) is 60.3 Å². The molecule has 0 aliphatic carbocycles. The Hall–Kier alpha value is -3.61. The third kappa shape index (κ3) is 6.20. The van der Waals surface area contributed by atoms with Crippen LogP contribution in [0, 0.1) is 5.92 Å². The minimum absolute atomic E-state index is 0.0726. The van der Waals surface area contributed by atoms with Crippen LogP contribution in [0.25, 0.3) is 6.08 Å². The summed E-state index contributed by atoms with van der Waals surface area (Å²) in [5.74, 6) is -2.35. The number of rotatable bonds is 9. The normalized spacial score (nSPS) is 13.1. The van der Waals surface area contributed by atoms with Crippen LogP contribution in [0.3, 0.4) is 0 Å². The Morgan fingerprint density at radius 3 is 2.23 bits per heavy atom. The Balaban J connectivity index is 2.30. The molecule has 0 aromatic heterocycles. The van der Waals surface area contributed by atoms with Crippen molar-refractivity contribution < 1.29 is 24.2 Å². The van der Waals surface area contributed by atoms with E-state index < -0.39 is 23.8 Å². The van der Waals surface area contributed by atoms with Crippen LogP contribution in [-0.2, 0) is 9.59 Å². The van der Waals surface area contributed by atoms with E-state index in [1.54, 1.807) is 55.5 Å². The van der Waals surface area contributed by atoms with Crippen LogP contribution in [0.4, 0.5) is 0 Å². The molecule has 2 aromatic carbocycles. The van der Waals surface area contributed by atoms with Crippen molar-refractivity contribution in [3.05, 3.63) is 71.4 Å². The third-order valence-corrected chi connectivity index (χ3v) is 4.71. The van der Waals surface area contributed by atoms with Gasteiger partial charge in [-0.3, -0.25) is 9.59 Å². The molecule has 158 valence electrons. The summed E-state index contributed by atoms with van der Waals surface area (Å²) in [5.41, 5.74) is 0.920. The van der Waals surface area contributed by atoms with Gasteiger partial charge in [0.25, 0.3) is 11.8 Å². The number of benzene rings is 2. The standard InChI is InChI=1S/C23H26N2O5/c1-4-15(2)20(23(28)29)25-22(27)19(14-16-8-6-5-7-9-16)24-21(26)17-10-12-18(30-3)13-11-17/h5-15,20H,4H2,1-3H3,(H,24,26)(H,25,27)(H,28,29)/p-1/b19-14+/t15-,20+/m1/s1. The number of carboxylic acid groups (broad SMARTS) is 1. The minimum Gasteiger partial charge on any atom is -0.548 e. The molecule has 7 nitrogen and oxygen atoms in total. The molecule has 0 saturated carbocycles. The highest BCUT2D eigenvalue weighted by atomic mass is 16.5. The second kappa shape index (κ2) is 10.8. The van der Waals surface area contributed by atoms with Gasteiger partial charge in [-0.2, -0.15) is 0 Å². The number of carboxylic acids is 1. The summed E-state index contributed by atoms with van der Waals surface area (Å²) in [6.07, 6.45) is 2.02. The number of methoxy groups -OCH3 is 1. The number of hydrogen-bond donors (Lipinski definition) is 2. The second-order valence-corrected chi connectivity index (χ2v) is 6.81. The summed E-state index contributed by atoms with van der Waals surface area (Å²) in [7, 11) is 1.52. The van der Waals surface area contributed by atoms with E-state index in [1.807, 2.05) is 13.0 Å². The number of aliphatic carboxylic acids is 1. The maximum Gasteiger partial charge on any atom is 0.268 e. The van der Waals surface area contributed by atoms with Gasteiger partial charge in [0, 0.05) is 5.56 Å². The van der Waals surface area contributed by atoms with E-state index in [2.05, 4.69) is 10.6 Å². The molecule has 7 heteroatoms. The molecular weight excluding hydrogens is 384 g/mol. The van der Waals surface area contributed by atoms with E-state index in [4.69, 9.17) is 4.74 Å². The molecule has 2 rings (SSSR count). The molecule has 2 amide bonds. The molecule has 0 aliphatic rings. The predicted molar refractivity (Wildman–Crippen MR) is 111 cm³/mol. The summed E-state index contributed by atoms with van der Waals surface area (Å²) in [6, 6.07) is 14.1. The van der Waals surface area contributed by atoms with E-state index in [1.165, 1.54) is 13.2 Å². The van der Waals surface area contributed by atoms with Gasteiger partial charge in [-0.15, -0.1) is 0 Å². The number of nitrogens with one attached hydrogen (secondary N) is 2. The highest BCUT2D eigenvalue weighted by Crippen LogP contribution is 2.13. The first-order valence-electron chi connectivity index (χ1n) is 9.59. The monoisotopic (exact) mass is 409 g/mol. The molecule has 0 heterocycles. The lowest BCUT2D eigenvalue weighted by Gasteiger charge is -2.25. The molecule has 0 aliphatic heterocycles. The molecule has 2 atom stereocenters. The first-order valence-corrected chi connectivity index (χ1v) is 9.59.